The Balaban J connectivity index is 1.30. The molecule has 2 aliphatic heterocycles. The minimum atomic E-state index is -4.44. The number of sulfone groups is 1. The van der Waals surface area contributed by atoms with Gasteiger partial charge in [-0.15, -0.1) is 0 Å². The predicted octanol–water partition coefficient (Wildman–Crippen LogP) is 5.32. The molecular formula is C31H35F5N4O5S2. The summed E-state index contributed by atoms with van der Waals surface area (Å²) in [4.78, 5) is 22.3. The lowest BCUT2D eigenvalue weighted by molar-refractivity contribution is -0.137. The Morgan fingerprint density at radius 1 is 1.11 bits per heavy atom. The molecule has 2 fully saturated rings. The monoisotopic (exact) mass is 702 g/mol. The minimum Gasteiger partial charge on any atom is -0.381 e. The number of rotatable bonds is 11. The molecule has 0 saturated carbocycles. The zero-order valence-electron chi connectivity index (χ0n) is 25.5. The van der Waals surface area contributed by atoms with E-state index in [0.29, 0.717) is 61.3 Å². The molecule has 2 aliphatic rings. The Labute approximate surface area is 273 Å². The fourth-order valence-corrected chi connectivity index (χ4v) is 7.63. The van der Waals surface area contributed by atoms with Gasteiger partial charge in [0.1, 0.15) is 4.88 Å². The van der Waals surface area contributed by atoms with Crippen molar-refractivity contribution < 1.29 is 44.6 Å². The second-order valence-corrected chi connectivity index (χ2v) is 14.7. The van der Waals surface area contributed by atoms with Gasteiger partial charge in [0.2, 0.25) is 0 Å². The van der Waals surface area contributed by atoms with Crippen LogP contribution in [0.4, 0.5) is 27.1 Å². The molecule has 1 atom stereocenters. The summed E-state index contributed by atoms with van der Waals surface area (Å²) < 4.78 is 99.9. The van der Waals surface area contributed by atoms with Gasteiger partial charge in [-0.1, -0.05) is 42.5 Å². The summed E-state index contributed by atoms with van der Waals surface area (Å²) in [5.74, 6) is -0.416. The van der Waals surface area contributed by atoms with Crippen LogP contribution in [0.5, 0.6) is 0 Å². The third-order valence-corrected chi connectivity index (χ3v) is 11.3. The molecule has 3 aromatic rings. The van der Waals surface area contributed by atoms with Crippen LogP contribution in [0.15, 0.2) is 59.6 Å². The van der Waals surface area contributed by atoms with Crippen molar-refractivity contribution in [3.8, 4) is 0 Å². The van der Waals surface area contributed by atoms with E-state index < -0.39 is 39.8 Å². The smallest absolute Gasteiger partial charge is 0.381 e. The number of piperazine rings is 1. The van der Waals surface area contributed by atoms with Crippen molar-refractivity contribution in [2.24, 2.45) is 0 Å². The van der Waals surface area contributed by atoms with E-state index in [1.807, 2.05) is 9.80 Å². The number of alkyl halides is 5. The van der Waals surface area contributed by atoms with E-state index in [1.54, 1.807) is 31.2 Å². The third kappa shape index (κ3) is 8.46. The summed E-state index contributed by atoms with van der Waals surface area (Å²) >= 11 is 1.11. The summed E-state index contributed by atoms with van der Waals surface area (Å²) in [6.45, 7) is 0.478. The molecule has 47 heavy (non-hydrogen) atoms. The Kier molecular flexibility index (Phi) is 10.9. The highest BCUT2D eigenvalue weighted by molar-refractivity contribution is 7.91. The number of nitrogens with zero attached hydrogens (tertiary/aromatic N) is 3. The highest BCUT2D eigenvalue weighted by Crippen LogP contribution is 2.35. The van der Waals surface area contributed by atoms with E-state index in [1.165, 1.54) is 18.3 Å². The molecule has 0 bridgehead atoms. The maximum atomic E-state index is 13.6. The summed E-state index contributed by atoms with van der Waals surface area (Å²) in [6.07, 6.45) is -2.07. The highest BCUT2D eigenvalue weighted by atomic mass is 32.2. The lowest BCUT2D eigenvalue weighted by atomic mass is 9.82. The van der Waals surface area contributed by atoms with Crippen LogP contribution in [0.25, 0.3) is 0 Å². The molecule has 1 unspecified atom stereocenters. The number of ether oxygens (including phenoxy) is 2. The van der Waals surface area contributed by atoms with E-state index in [2.05, 4.69) is 15.0 Å². The number of thiazole rings is 1. The summed E-state index contributed by atoms with van der Waals surface area (Å²) in [6, 6.07) is 10.8. The van der Waals surface area contributed by atoms with Gasteiger partial charge in [0.05, 0.1) is 40.6 Å². The molecule has 2 aromatic carbocycles. The van der Waals surface area contributed by atoms with Crippen molar-refractivity contribution in [1.82, 2.24) is 15.2 Å². The zero-order valence-corrected chi connectivity index (χ0v) is 27.1. The zero-order chi connectivity index (χ0) is 33.8. The summed E-state index contributed by atoms with van der Waals surface area (Å²) in [7, 11) is -3.39. The van der Waals surface area contributed by atoms with Crippen LogP contribution in [0.3, 0.4) is 0 Å². The van der Waals surface area contributed by atoms with Gasteiger partial charge in [0, 0.05) is 39.4 Å². The number of carbonyl (C=O) groups excluding carboxylic acids is 1. The average Bonchev–Trinajstić information content (AvgIpc) is 3.55. The van der Waals surface area contributed by atoms with Crippen LogP contribution in [0.2, 0.25) is 0 Å². The molecule has 3 heterocycles. The Morgan fingerprint density at radius 2 is 1.79 bits per heavy atom. The van der Waals surface area contributed by atoms with Crippen molar-refractivity contribution in [2.45, 2.75) is 55.6 Å². The topological polar surface area (TPSA) is 101 Å². The largest absolute Gasteiger partial charge is 0.416 e. The SMILES string of the molecule is CCS(=O)(=O)c1ccc(C2(NC(=O)c3cnc(N4CCN(Cc5ccc(C(F)(F)F)cc5)CC4COC(F)F)s3)CCOCC2)cc1. The lowest BCUT2D eigenvalue weighted by Gasteiger charge is -2.41. The standard InChI is InChI=1S/C31H35F5N4O5S2/c1-2-47(42,43)25-9-7-22(8-10-25)30(11-15-44-16-12-30)38-27(41)26-17-37-29(46-26)40-14-13-39(19-24(40)20-45-28(32)33)18-21-3-5-23(6-4-21)31(34,35)36/h3-10,17,24,28H,2,11-16,18-20H2,1H3,(H,38,41). The second-order valence-electron chi connectivity index (χ2n) is 11.5. The van der Waals surface area contributed by atoms with Gasteiger partial charge >= 0.3 is 12.8 Å². The maximum absolute atomic E-state index is 13.6. The van der Waals surface area contributed by atoms with Crippen LogP contribution in [-0.4, -0.2) is 82.1 Å². The van der Waals surface area contributed by atoms with Crippen molar-refractivity contribution in [3.63, 3.8) is 0 Å². The summed E-state index contributed by atoms with van der Waals surface area (Å²) in [5.41, 5.74) is -0.147. The van der Waals surface area contributed by atoms with Crippen molar-refractivity contribution in [3.05, 3.63) is 76.3 Å². The molecule has 5 rings (SSSR count). The van der Waals surface area contributed by atoms with Gasteiger partial charge in [0.15, 0.2) is 15.0 Å². The number of hydrogen-bond donors (Lipinski definition) is 1. The molecule has 1 aromatic heterocycles. The first-order valence-corrected chi connectivity index (χ1v) is 17.5. The molecule has 0 spiro atoms. The first-order chi connectivity index (χ1) is 22.3. The first kappa shape index (κ1) is 35.1. The van der Waals surface area contributed by atoms with Gasteiger partial charge < -0.3 is 19.7 Å². The molecule has 0 radical (unpaired) electrons. The molecule has 2 saturated heterocycles. The number of aromatic nitrogens is 1. The van der Waals surface area contributed by atoms with Crippen molar-refractivity contribution >= 4 is 32.2 Å². The molecule has 1 N–H and O–H groups in total. The molecule has 256 valence electrons. The van der Waals surface area contributed by atoms with Crippen LogP contribution in [-0.2, 0) is 37.6 Å². The first-order valence-electron chi connectivity index (χ1n) is 15.0. The lowest BCUT2D eigenvalue weighted by Crippen LogP contribution is -2.55. The maximum Gasteiger partial charge on any atom is 0.416 e. The average molecular weight is 703 g/mol. The Hall–Kier alpha value is -3.18. The van der Waals surface area contributed by atoms with E-state index in [-0.39, 0.29) is 29.7 Å². The highest BCUT2D eigenvalue weighted by Gasteiger charge is 2.38. The third-order valence-electron chi connectivity index (χ3n) is 8.48. The summed E-state index contributed by atoms with van der Waals surface area (Å²) in [5, 5.41) is 3.58. The fourth-order valence-electron chi connectivity index (χ4n) is 5.83. The molecule has 9 nitrogen and oxygen atoms in total. The normalized spacial score (nSPS) is 19.2. The van der Waals surface area contributed by atoms with Crippen LogP contribution in [0.1, 0.15) is 46.1 Å². The molecular weight excluding hydrogens is 667 g/mol. The second kappa shape index (κ2) is 14.5. The van der Waals surface area contributed by atoms with Crippen LogP contribution < -0.4 is 10.2 Å². The number of benzene rings is 2. The number of carbonyl (C=O) groups is 1. The van der Waals surface area contributed by atoms with Gasteiger partial charge in [0.25, 0.3) is 5.91 Å². The molecule has 0 aliphatic carbocycles. The molecule has 1 amide bonds. The Morgan fingerprint density at radius 3 is 2.40 bits per heavy atom. The van der Waals surface area contributed by atoms with E-state index in [9.17, 15) is 35.2 Å². The number of hydrogen-bond acceptors (Lipinski definition) is 9. The number of amides is 1. The predicted molar refractivity (Wildman–Crippen MR) is 165 cm³/mol. The quantitative estimate of drug-likeness (QED) is 0.268. The Bertz CT molecular complexity index is 1610. The van der Waals surface area contributed by atoms with Crippen LogP contribution in [0, 0.1) is 0 Å². The minimum absolute atomic E-state index is 0.0287. The molecule has 16 heteroatoms. The van der Waals surface area contributed by atoms with Crippen LogP contribution >= 0.6 is 11.3 Å². The van der Waals surface area contributed by atoms with E-state index >= 15 is 0 Å². The van der Waals surface area contributed by atoms with Crippen molar-refractivity contribution in [2.75, 3.05) is 50.1 Å². The number of halogens is 5. The number of anilines is 1. The van der Waals surface area contributed by atoms with Gasteiger partial charge in [-0.05, 0) is 48.2 Å². The fraction of sp³-hybridized carbons (Fsp3) is 0.484. The van der Waals surface area contributed by atoms with Gasteiger partial charge in [-0.2, -0.15) is 22.0 Å². The van der Waals surface area contributed by atoms with Gasteiger partial charge in [-0.25, -0.2) is 13.4 Å². The van der Waals surface area contributed by atoms with Crippen molar-refractivity contribution in [1.29, 1.82) is 0 Å². The van der Waals surface area contributed by atoms with E-state index in [4.69, 9.17) is 4.74 Å². The van der Waals surface area contributed by atoms with Gasteiger partial charge in [-0.3, -0.25) is 9.69 Å². The van der Waals surface area contributed by atoms with E-state index in [0.717, 1.165) is 29.0 Å². The number of nitrogens with one attached hydrogen (secondary N) is 1.